The standard InChI is InChI=1S/C20H23ClFN3O2/c1-20(2,3)17(23)19(27)25-13-8-9-15(21)14(10-13)18(26)24-11-12-6-4-5-7-16(12)22/h4-10,17H,11,23H2,1-3H3,(H,24,26)(H,25,27)/t17-/m1/s1. The van der Waals surface area contributed by atoms with Crippen molar-refractivity contribution in [2.45, 2.75) is 33.4 Å². The Bertz CT molecular complexity index is 849. The van der Waals surface area contributed by atoms with Crippen molar-refractivity contribution in [3.63, 3.8) is 0 Å². The fraction of sp³-hybridized carbons (Fsp3) is 0.300. The summed E-state index contributed by atoms with van der Waals surface area (Å²) in [5.74, 6) is -1.23. The molecule has 0 unspecified atom stereocenters. The summed E-state index contributed by atoms with van der Waals surface area (Å²) in [6.45, 7) is 5.61. The Morgan fingerprint density at radius 2 is 1.85 bits per heavy atom. The largest absolute Gasteiger partial charge is 0.348 e. The lowest BCUT2D eigenvalue weighted by molar-refractivity contribution is -0.119. The highest BCUT2D eigenvalue weighted by atomic mass is 35.5. The molecule has 0 radical (unpaired) electrons. The van der Waals surface area contributed by atoms with Gasteiger partial charge in [0.25, 0.3) is 5.91 Å². The van der Waals surface area contributed by atoms with Crippen molar-refractivity contribution in [1.82, 2.24) is 5.32 Å². The number of rotatable bonds is 5. The number of nitrogens with one attached hydrogen (secondary N) is 2. The molecule has 0 aliphatic heterocycles. The van der Waals surface area contributed by atoms with Crippen molar-refractivity contribution in [3.05, 3.63) is 64.4 Å². The summed E-state index contributed by atoms with van der Waals surface area (Å²) in [5, 5.41) is 5.54. The van der Waals surface area contributed by atoms with Crippen molar-refractivity contribution in [2.75, 3.05) is 5.32 Å². The molecule has 144 valence electrons. The zero-order valence-electron chi connectivity index (χ0n) is 15.5. The average Bonchev–Trinajstić information content (AvgIpc) is 2.60. The molecule has 2 aromatic rings. The number of anilines is 1. The lowest BCUT2D eigenvalue weighted by atomic mass is 9.87. The number of carbonyl (C=O) groups excluding carboxylic acids is 2. The van der Waals surface area contributed by atoms with E-state index in [1.54, 1.807) is 24.3 Å². The molecule has 0 spiro atoms. The first kappa shape index (κ1) is 20.9. The number of carbonyl (C=O) groups is 2. The third-order valence-electron chi connectivity index (χ3n) is 4.09. The molecule has 1 atom stereocenters. The molecule has 0 fully saturated rings. The first-order valence-corrected chi connectivity index (χ1v) is 8.85. The molecule has 0 aromatic heterocycles. The van der Waals surface area contributed by atoms with Gasteiger partial charge in [0.15, 0.2) is 0 Å². The number of benzene rings is 2. The van der Waals surface area contributed by atoms with Gasteiger partial charge in [0.2, 0.25) is 5.91 Å². The molecule has 0 heterocycles. The molecule has 0 bridgehead atoms. The number of hydrogen-bond acceptors (Lipinski definition) is 3. The van der Waals surface area contributed by atoms with Crippen LogP contribution in [0.1, 0.15) is 36.7 Å². The van der Waals surface area contributed by atoms with Crippen LogP contribution < -0.4 is 16.4 Å². The van der Waals surface area contributed by atoms with Crippen LogP contribution in [0.4, 0.5) is 10.1 Å². The number of nitrogens with two attached hydrogens (primary N) is 1. The zero-order chi connectivity index (χ0) is 20.2. The van der Waals surface area contributed by atoms with E-state index < -0.39 is 23.2 Å². The second-order valence-electron chi connectivity index (χ2n) is 7.30. The quantitative estimate of drug-likeness (QED) is 0.726. The van der Waals surface area contributed by atoms with Gasteiger partial charge in [-0.25, -0.2) is 4.39 Å². The van der Waals surface area contributed by atoms with E-state index >= 15 is 0 Å². The minimum atomic E-state index is -0.716. The molecule has 0 aliphatic carbocycles. The Hall–Kier alpha value is -2.44. The molecule has 7 heteroatoms. The third-order valence-corrected chi connectivity index (χ3v) is 4.42. The van der Waals surface area contributed by atoms with Gasteiger partial charge in [0.1, 0.15) is 5.82 Å². The maximum absolute atomic E-state index is 13.7. The van der Waals surface area contributed by atoms with E-state index in [0.717, 1.165) is 0 Å². The van der Waals surface area contributed by atoms with Crippen LogP contribution >= 0.6 is 11.6 Å². The highest BCUT2D eigenvalue weighted by molar-refractivity contribution is 6.34. The Balaban J connectivity index is 2.11. The van der Waals surface area contributed by atoms with Crippen molar-refractivity contribution in [1.29, 1.82) is 0 Å². The van der Waals surface area contributed by atoms with Crippen molar-refractivity contribution in [3.8, 4) is 0 Å². The van der Waals surface area contributed by atoms with Gasteiger partial charge in [0, 0.05) is 17.8 Å². The van der Waals surface area contributed by atoms with E-state index in [4.69, 9.17) is 17.3 Å². The summed E-state index contributed by atoms with van der Waals surface area (Å²) in [7, 11) is 0. The summed E-state index contributed by atoms with van der Waals surface area (Å²) in [6.07, 6.45) is 0. The van der Waals surface area contributed by atoms with Crippen molar-refractivity contribution in [2.24, 2.45) is 11.1 Å². The lowest BCUT2D eigenvalue weighted by Gasteiger charge is -2.25. The predicted molar refractivity (Wildman–Crippen MR) is 105 cm³/mol. The van der Waals surface area contributed by atoms with Gasteiger partial charge >= 0.3 is 0 Å². The van der Waals surface area contributed by atoms with Crippen LogP contribution in [-0.2, 0) is 11.3 Å². The molecule has 0 aliphatic rings. The van der Waals surface area contributed by atoms with Crippen LogP contribution in [0.3, 0.4) is 0 Å². The number of amides is 2. The first-order valence-electron chi connectivity index (χ1n) is 8.47. The zero-order valence-corrected chi connectivity index (χ0v) is 16.2. The topological polar surface area (TPSA) is 84.2 Å². The van der Waals surface area contributed by atoms with Crippen LogP contribution in [0.15, 0.2) is 42.5 Å². The van der Waals surface area contributed by atoms with Crippen LogP contribution in [0.2, 0.25) is 5.02 Å². The average molecular weight is 392 g/mol. The second-order valence-corrected chi connectivity index (χ2v) is 7.71. The van der Waals surface area contributed by atoms with Gasteiger partial charge < -0.3 is 16.4 Å². The fourth-order valence-corrected chi connectivity index (χ4v) is 2.51. The molecule has 0 saturated carbocycles. The Labute approximate surface area is 163 Å². The number of hydrogen-bond donors (Lipinski definition) is 3. The van der Waals surface area contributed by atoms with Gasteiger partial charge in [-0.3, -0.25) is 9.59 Å². The van der Waals surface area contributed by atoms with E-state index in [9.17, 15) is 14.0 Å². The van der Waals surface area contributed by atoms with Crippen LogP contribution in [-0.4, -0.2) is 17.9 Å². The molecule has 2 amide bonds. The van der Waals surface area contributed by atoms with Gasteiger partial charge in [-0.15, -0.1) is 0 Å². The molecular formula is C20H23ClFN3O2. The van der Waals surface area contributed by atoms with E-state index in [0.29, 0.717) is 11.3 Å². The maximum Gasteiger partial charge on any atom is 0.253 e. The van der Waals surface area contributed by atoms with E-state index in [2.05, 4.69) is 10.6 Å². The molecule has 5 nitrogen and oxygen atoms in total. The van der Waals surface area contributed by atoms with E-state index in [-0.39, 0.29) is 23.0 Å². The summed E-state index contributed by atoms with van der Waals surface area (Å²) in [5.41, 5.74) is 6.48. The van der Waals surface area contributed by atoms with Gasteiger partial charge in [-0.1, -0.05) is 50.6 Å². The minimum Gasteiger partial charge on any atom is -0.348 e. The highest BCUT2D eigenvalue weighted by Gasteiger charge is 2.27. The molecular weight excluding hydrogens is 369 g/mol. The predicted octanol–water partition coefficient (Wildman–Crippen LogP) is 3.72. The van der Waals surface area contributed by atoms with Crippen molar-refractivity contribution >= 4 is 29.1 Å². The fourth-order valence-electron chi connectivity index (χ4n) is 2.30. The SMILES string of the molecule is CC(C)(C)[C@H](N)C(=O)Nc1ccc(Cl)c(C(=O)NCc2ccccc2F)c1. The van der Waals surface area contributed by atoms with Crippen LogP contribution in [0.5, 0.6) is 0 Å². The van der Waals surface area contributed by atoms with Crippen LogP contribution in [0, 0.1) is 11.2 Å². The first-order chi connectivity index (χ1) is 12.6. The van der Waals surface area contributed by atoms with E-state index in [1.807, 2.05) is 20.8 Å². The molecule has 27 heavy (non-hydrogen) atoms. The second kappa shape index (κ2) is 8.50. The summed E-state index contributed by atoms with van der Waals surface area (Å²) in [4.78, 5) is 24.7. The Kier molecular flexibility index (Phi) is 6.57. The summed E-state index contributed by atoms with van der Waals surface area (Å²) >= 11 is 6.10. The highest BCUT2D eigenvalue weighted by Crippen LogP contribution is 2.23. The Morgan fingerprint density at radius 1 is 1.19 bits per heavy atom. The molecule has 0 saturated heterocycles. The molecule has 2 rings (SSSR count). The van der Waals surface area contributed by atoms with Crippen LogP contribution in [0.25, 0.3) is 0 Å². The molecule has 4 N–H and O–H groups in total. The minimum absolute atomic E-state index is 0.0212. The third kappa shape index (κ3) is 5.52. The molecule has 2 aromatic carbocycles. The Morgan fingerprint density at radius 3 is 2.48 bits per heavy atom. The van der Waals surface area contributed by atoms with Gasteiger partial charge in [0.05, 0.1) is 16.6 Å². The lowest BCUT2D eigenvalue weighted by Crippen LogP contribution is -2.45. The smallest absolute Gasteiger partial charge is 0.253 e. The van der Waals surface area contributed by atoms with Crippen molar-refractivity contribution < 1.29 is 14.0 Å². The summed E-state index contributed by atoms with van der Waals surface area (Å²) < 4.78 is 13.7. The normalized spacial score (nSPS) is 12.4. The van der Waals surface area contributed by atoms with Gasteiger partial charge in [-0.2, -0.15) is 0 Å². The number of halogens is 2. The van der Waals surface area contributed by atoms with Gasteiger partial charge in [-0.05, 0) is 29.7 Å². The summed E-state index contributed by atoms with van der Waals surface area (Å²) in [6, 6.07) is 10.0. The van der Waals surface area contributed by atoms with E-state index in [1.165, 1.54) is 18.2 Å². The maximum atomic E-state index is 13.7. The monoisotopic (exact) mass is 391 g/mol.